The van der Waals surface area contributed by atoms with Crippen molar-refractivity contribution < 1.29 is 9.90 Å². The number of phenols is 1. The first-order chi connectivity index (χ1) is 12.1. The number of aryl methyl sites for hydroxylation is 1. The summed E-state index contributed by atoms with van der Waals surface area (Å²) in [6, 6.07) is 3.67. The van der Waals surface area contributed by atoms with Crippen molar-refractivity contribution in [2.24, 2.45) is 0 Å². The Labute approximate surface area is 153 Å². The van der Waals surface area contributed by atoms with Gasteiger partial charge in [0.15, 0.2) is 0 Å². The van der Waals surface area contributed by atoms with Gasteiger partial charge in [0.25, 0.3) is 0 Å². The lowest BCUT2D eigenvalue weighted by Gasteiger charge is -2.12. The topological polar surface area (TPSA) is 75.4 Å². The number of anilines is 2. The van der Waals surface area contributed by atoms with E-state index in [9.17, 15) is 9.90 Å². The van der Waals surface area contributed by atoms with Crippen molar-refractivity contribution >= 4 is 17.3 Å². The van der Waals surface area contributed by atoms with Crippen molar-refractivity contribution in [1.29, 1.82) is 0 Å². The molecule has 0 unspecified atom stereocenters. The quantitative estimate of drug-likeness (QED) is 0.240. The fraction of sp³-hybridized carbons (Fsp3) is 0.667. The van der Waals surface area contributed by atoms with Gasteiger partial charge in [-0.05, 0) is 30.9 Å². The molecule has 0 atom stereocenters. The van der Waals surface area contributed by atoms with Crippen LogP contribution in [-0.4, -0.2) is 11.0 Å². The Morgan fingerprint density at radius 1 is 0.960 bits per heavy atom. The van der Waals surface area contributed by atoms with Gasteiger partial charge >= 0.3 is 0 Å². The van der Waals surface area contributed by atoms with Crippen LogP contribution < -0.4 is 11.1 Å². The van der Waals surface area contributed by atoms with Gasteiger partial charge in [-0.15, -0.1) is 0 Å². The van der Waals surface area contributed by atoms with Gasteiger partial charge < -0.3 is 16.2 Å². The highest BCUT2D eigenvalue weighted by molar-refractivity contribution is 5.95. The molecule has 4 heteroatoms. The average Bonchev–Trinajstić information content (AvgIpc) is 2.59. The van der Waals surface area contributed by atoms with Gasteiger partial charge in [-0.3, -0.25) is 4.79 Å². The first-order valence-electron chi connectivity index (χ1n) is 10.00. The predicted octanol–water partition coefficient (Wildman–Crippen LogP) is 5.79. The van der Waals surface area contributed by atoms with Crippen LogP contribution in [0.2, 0.25) is 0 Å². The van der Waals surface area contributed by atoms with E-state index in [2.05, 4.69) is 12.2 Å². The average molecular weight is 349 g/mol. The number of carbonyl (C=O) groups excluding carboxylic acids is 1. The molecule has 142 valence electrons. The molecule has 0 radical (unpaired) electrons. The lowest BCUT2D eigenvalue weighted by Crippen LogP contribution is -2.12. The second-order valence-electron chi connectivity index (χ2n) is 6.91. The number of rotatable bonds is 13. The van der Waals surface area contributed by atoms with Crippen LogP contribution in [0.3, 0.4) is 0 Å². The molecule has 1 aromatic carbocycles. The van der Waals surface area contributed by atoms with Crippen LogP contribution in [0.5, 0.6) is 5.75 Å². The number of nitrogen functional groups attached to an aromatic ring is 1. The van der Waals surface area contributed by atoms with Crippen LogP contribution in [0.15, 0.2) is 12.1 Å². The zero-order chi connectivity index (χ0) is 18.5. The molecule has 0 aliphatic carbocycles. The fourth-order valence-corrected chi connectivity index (χ4v) is 3.03. The van der Waals surface area contributed by atoms with E-state index < -0.39 is 0 Å². The third-order valence-corrected chi connectivity index (χ3v) is 4.60. The highest BCUT2D eigenvalue weighted by Crippen LogP contribution is 2.33. The van der Waals surface area contributed by atoms with Gasteiger partial charge in [-0.1, -0.05) is 71.3 Å². The Balaban J connectivity index is 2.32. The maximum absolute atomic E-state index is 11.7. The molecule has 1 rings (SSSR count). The molecule has 0 aliphatic rings. The number of amides is 1. The number of phenolic OH excluding ortho intramolecular Hbond substituents is 1. The first-order valence-corrected chi connectivity index (χ1v) is 10.00. The van der Waals surface area contributed by atoms with E-state index in [0.717, 1.165) is 24.8 Å². The van der Waals surface area contributed by atoms with Crippen molar-refractivity contribution in [3.8, 4) is 5.75 Å². The minimum absolute atomic E-state index is 0.0692. The molecule has 0 saturated carbocycles. The van der Waals surface area contributed by atoms with Gasteiger partial charge in [-0.25, -0.2) is 0 Å². The summed E-state index contributed by atoms with van der Waals surface area (Å²) in [6.45, 7) is 4.20. The van der Waals surface area contributed by atoms with Crippen molar-refractivity contribution in [2.45, 2.75) is 90.9 Å². The minimum atomic E-state index is -0.0692. The summed E-state index contributed by atoms with van der Waals surface area (Å²) in [6.07, 6.45) is 13.6. The Morgan fingerprint density at radius 3 is 2.16 bits per heavy atom. The lowest BCUT2D eigenvalue weighted by molar-refractivity contribution is -0.116. The van der Waals surface area contributed by atoms with Gasteiger partial charge in [-0.2, -0.15) is 0 Å². The SMILES string of the molecule is CCCCCCCCCCCc1ccc(NC(=O)CCC)c(N)c1O. The van der Waals surface area contributed by atoms with Crippen LogP contribution in [0, 0.1) is 0 Å². The second kappa shape index (κ2) is 12.6. The van der Waals surface area contributed by atoms with E-state index in [4.69, 9.17) is 5.73 Å². The Morgan fingerprint density at radius 2 is 1.56 bits per heavy atom. The monoisotopic (exact) mass is 348 g/mol. The maximum Gasteiger partial charge on any atom is 0.224 e. The first kappa shape index (κ1) is 21.3. The maximum atomic E-state index is 11.7. The van der Waals surface area contributed by atoms with Crippen LogP contribution in [0.25, 0.3) is 0 Å². The number of aromatic hydroxyl groups is 1. The number of benzene rings is 1. The summed E-state index contributed by atoms with van der Waals surface area (Å²) < 4.78 is 0. The summed E-state index contributed by atoms with van der Waals surface area (Å²) >= 11 is 0. The minimum Gasteiger partial charge on any atom is -0.505 e. The molecule has 0 heterocycles. The molecule has 0 fully saturated rings. The molecule has 25 heavy (non-hydrogen) atoms. The lowest BCUT2D eigenvalue weighted by atomic mass is 10.0. The summed E-state index contributed by atoms with van der Waals surface area (Å²) in [5.41, 5.74) is 7.62. The molecular formula is C21H36N2O2. The third-order valence-electron chi connectivity index (χ3n) is 4.60. The normalized spacial score (nSPS) is 10.8. The summed E-state index contributed by atoms with van der Waals surface area (Å²) in [5.74, 6) is 0.0501. The second-order valence-corrected chi connectivity index (χ2v) is 6.91. The van der Waals surface area contributed by atoms with E-state index in [-0.39, 0.29) is 17.3 Å². The largest absolute Gasteiger partial charge is 0.505 e. The molecule has 4 nitrogen and oxygen atoms in total. The standard InChI is InChI=1S/C21H36N2O2/c1-3-5-6-7-8-9-10-11-12-14-17-15-16-18(20(22)21(17)25)23-19(24)13-4-2/h15-16,25H,3-14,22H2,1-2H3,(H,23,24). The molecule has 1 amide bonds. The van der Waals surface area contributed by atoms with Gasteiger partial charge in [0.05, 0.1) is 11.4 Å². The summed E-state index contributed by atoms with van der Waals surface area (Å²) in [7, 11) is 0. The van der Waals surface area contributed by atoms with Gasteiger partial charge in [0.1, 0.15) is 5.75 Å². The van der Waals surface area contributed by atoms with E-state index in [1.807, 2.05) is 13.0 Å². The Hall–Kier alpha value is -1.71. The molecule has 0 aromatic heterocycles. The number of unbranched alkanes of at least 4 members (excludes halogenated alkanes) is 8. The number of nitrogens with two attached hydrogens (primary N) is 1. The summed E-state index contributed by atoms with van der Waals surface area (Å²) in [4.78, 5) is 11.7. The van der Waals surface area contributed by atoms with Crippen molar-refractivity contribution in [2.75, 3.05) is 11.1 Å². The molecule has 0 bridgehead atoms. The highest BCUT2D eigenvalue weighted by atomic mass is 16.3. The van der Waals surface area contributed by atoms with Crippen LogP contribution >= 0.6 is 0 Å². The Kier molecular flexibility index (Phi) is 10.8. The van der Waals surface area contributed by atoms with Crippen molar-refractivity contribution in [3.63, 3.8) is 0 Å². The van der Waals surface area contributed by atoms with Crippen LogP contribution in [-0.2, 0) is 11.2 Å². The molecule has 4 N–H and O–H groups in total. The molecule has 0 aliphatic heterocycles. The fourth-order valence-electron chi connectivity index (χ4n) is 3.03. The van der Waals surface area contributed by atoms with E-state index in [1.54, 1.807) is 6.07 Å². The molecule has 0 saturated heterocycles. The zero-order valence-corrected chi connectivity index (χ0v) is 16.1. The number of hydrogen-bond acceptors (Lipinski definition) is 3. The number of nitrogens with one attached hydrogen (secondary N) is 1. The predicted molar refractivity (Wildman–Crippen MR) is 107 cm³/mol. The number of hydrogen-bond donors (Lipinski definition) is 3. The van der Waals surface area contributed by atoms with Crippen molar-refractivity contribution in [3.05, 3.63) is 17.7 Å². The van der Waals surface area contributed by atoms with Crippen molar-refractivity contribution in [1.82, 2.24) is 0 Å². The van der Waals surface area contributed by atoms with E-state index >= 15 is 0 Å². The molecular weight excluding hydrogens is 312 g/mol. The summed E-state index contributed by atoms with van der Waals surface area (Å²) in [5, 5.41) is 13.0. The molecule has 0 spiro atoms. The van der Waals surface area contributed by atoms with E-state index in [1.165, 1.54) is 51.4 Å². The highest BCUT2D eigenvalue weighted by Gasteiger charge is 2.11. The Bertz CT molecular complexity index is 515. The molecule has 1 aromatic rings. The van der Waals surface area contributed by atoms with Gasteiger partial charge in [0.2, 0.25) is 5.91 Å². The third kappa shape index (κ3) is 8.28. The smallest absolute Gasteiger partial charge is 0.224 e. The zero-order valence-electron chi connectivity index (χ0n) is 16.1. The van der Waals surface area contributed by atoms with Crippen LogP contribution in [0.4, 0.5) is 11.4 Å². The van der Waals surface area contributed by atoms with Gasteiger partial charge in [0, 0.05) is 6.42 Å². The number of carbonyl (C=O) groups is 1. The van der Waals surface area contributed by atoms with Crippen LogP contribution in [0.1, 0.15) is 90.0 Å². The van der Waals surface area contributed by atoms with E-state index in [0.29, 0.717) is 12.1 Å².